The third kappa shape index (κ3) is 2.36. The zero-order valence-corrected chi connectivity index (χ0v) is 12.2. The SMILES string of the molecule is CCc1ccc(CN2CC(c3nc4ccccc4[nH]3)C2)o1. The van der Waals surface area contributed by atoms with Crippen molar-refractivity contribution < 1.29 is 4.42 Å². The first kappa shape index (κ1) is 12.7. The molecule has 1 aromatic carbocycles. The van der Waals surface area contributed by atoms with Crippen LogP contribution in [0.3, 0.4) is 0 Å². The van der Waals surface area contributed by atoms with E-state index in [1.807, 2.05) is 12.1 Å². The Bertz CT molecular complexity index is 719. The van der Waals surface area contributed by atoms with Gasteiger partial charge in [-0.05, 0) is 24.3 Å². The van der Waals surface area contributed by atoms with E-state index in [-0.39, 0.29) is 0 Å². The van der Waals surface area contributed by atoms with Crippen LogP contribution in [0.1, 0.15) is 30.2 Å². The van der Waals surface area contributed by atoms with Crippen LogP contribution in [0.4, 0.5) is 0 Å². The van der Waals surface area contributed by atoms with Crippen LogP contribution < -0.4 is 0 Å². The van der Waals surface area contributed by atoms with E-state index in [1.54, 1.807) is 0 Å². The van der Waals surface area contributed by atoms with Gasteiger partial charge in [0.25, 0.3) is 0 Å². The van der Waals surface area contributed by atoms with E-state index in [2.05, 4.69) is 46.1 Å². The molecule has 0 bridgehead atoms. The zero-order chi connectivity index (χ0) is 14.2. The van der Waals surface area contributed by atoms with Crippen molar-refractivity contribution in [3.8, 4) is 0 Å². The average molecular weight is 281 g/mol. The predicted molar refractivity (Wildman–Crippen MR) is 82.2 cm³/mol. The Hall–Kier alpha value is -2.07. The van der Waals surface area contributed by atoms with Crippen LogP contribution in [0.5, 0.6) is 0 Å². The normalized spacial score (nSPS) is 16.4. The van der Waals surface area contributed by atoms with E-state index in [0.29, 0.717) is 5.92 Å². The number of aromatic amines is 1. The second-order valence-corrected chi connectivity index (χ2v) is 5.75. The standard InChI is InChI=1S/C17H19N3O/c1-2-13-7-8-14(21-13)11-20-9-12(10-20)17-18-15-5-3-4-6-16(15)19-17/h3-8,12H,2,9-11H2,1H3,(H,18,19). The molecule has 3 heterocycles. The minimum atomic E-state index is 0.512. The molecule has 0 spiro atoms. The molecule has 0 atom stereocenters. The summed E-state index contributed by atoms with van der Waals surface area (Å²) >= 11 is 0. The molecule has 108 valence electrons. The maximum absolute atomic E-state index is 5.76. The van der Waals surface area contributed by atoms with Crippen LogP contribution >= 0.6 is 0 Å². The molecule has 1 N–H and O–H groups in total. The number of aromatic nitrogens is 2. The van der Waals surface area contributed by atoms with E-state index in [4.69, 9.17) is 4.42 Å². The van der Waals surface area contributed by atoms with Gasteiger partial charge < -0.3 is 9.40 Å². The first-order valence-electron chi connectivity index (χ1n) is 7.56. The van der Waals surface area contributed by atoms with Crippen molar-refractivity contribution in [3.05, 3.63) is 53.7 Å². The van der Waals surface area contributed by atoms with Gasteiger partial charge in [0.1, 0.15) is 17.3 Å². The number of fused-ring (bicyclic) bond motifs is 1. The van der Waals surface area contributed by atoms with Gasteiger partial charge in [0, 0.05) is 25.4 Å². The lowest BCUT2D eigenvalue weighted by Crippen LogP contribution is -2.44. The molecule has 0 saturated carbocycles. The number of H-pyrrole nitrogens is 1. The van der Waals surface area contributed by atoms with Crippen molar-refractivity contribution in [3.63, 3.8) is 0 Å². The number of hydrogen-bond acceptors (Lipinski definition) is 3. The number of para-hydroxylation sites is 2. The fraction of sp³-hybridized carbons (Fsp3) is 0.353. The summed E-state index contributed by atoms with van der Waals surface area (Å²) in [5, 5.41) is 0. The van der Waals surface area contributed by atoms with Gasteiger partial charge >= 0.3 is 0 Å². The lowest BCUT2D eigenvalue weighted by molar-refractivity contribution is 0.124. The molecule has 1 fully saturated rings. The molecule has 4 heteroatoms. The van der Waals surface area contributed by atoms with Crippen LogP contribution in [0.25, 0.3) is 11.0 Å². The van der Waals surface area contributed by atoms with Crippen LogP contribution in [0.15, 0.2) is 40.8 Å². The molecule has 1 aliphatic rings. The van der Waals surface area contributed by atoms with Gasteiger partial charge in [0.05, 0.1) is 17.6 Å². The van der Waals surface area contributed by atoms with Gasteiger partial charge in [0.2, 0.25) is 0 Å². The Kier molecular flexibility index (Phi) is 3.04. The Morgan fingerprint density at radius 1 is 1.19 bits per heavy atom. The summed E-state index contributed by atoms with van der Waals surface area (Å²) in [5.74, 6) is 3.76. The number of imidazole rings is 1. The van der Waals surface area contributed by atoms with Crippen LogP contribution in [-0.2, 0) is 13.0 Å². The summed E-state index contributed by atoms with van der Waals surface area (Å²) in [7, 11) is 0. The minimum absolute atomic E-state index is 0.512. The molecule has 0 amide bonds. The van der Waals surface area contributed by atoms with Crippen LogP contribution in [0.2, 0.25) is 0 Å². The highest BCUT2D eigenvalue weighted by molar-refractivity contribution is 5.74. The summed E-state index contributed by atoms with van der Waals surface area (Å²) in [6.07, 6.45) is 0.960. The van der Waals surface area contributed by atoms with Gasteiger partial charge in [-0.25, -0.2) is 4.98 Å². The minimum Gasteiger partial charge on any atom is -0.465 e. The van der Waals surface area contributed by atoms with Crippen molar-refractivity contribution in [2.75, 3.05) is 13.1 Å². The van der Waals surface area contributed by atoms with E-state index < -0.39 is 0 Å². The Labute approximate surface area is 123 Å². The molecule has 0 unspecified atom stereocenters. The second-order valence-electron chi connectivity index (χ2n) is 5.75. The molecule has 0 radical (unpaired) electrons. The number of aryl methyl sites for hydroxylation is 1. The fourth-order valence-electron chi connectivity index (χ4n) is 2.96. The molecule has 1 aliphatic heterocycles. The lowest BCUT2D eigenvalue weighted by Gasteiger charge is -2.37. The van der Waals surface area contributed by atoms with Crippen molar-refractivity contribution in [2.24, 2.45) is 0 Å². The molecular formula is C17H19N3O. The third-order valence-corrected chi connectivity index (χ3v) is 4.20. The van der Waals surface area contributed by atoms with E-state index in [0.717, 1.165) is 54.4 Å². The van der Waals surface area contributed by atoms with Crippen molar-refractivity contribution >= 4 is 11.0 Å². The molecule has 0 aliphatic carbocycles. The number of benzene rings is 1. The quantitative estimate of drug-likeness (QED) is 0.798. The van der Waals surface area contributed by atoms with Gasteiger partial charge in [-0.2, -0.15) is 0 Å². The number of likely N-dealkylation sites (tertiary alicyclic amines) is 1. The van der Waals surface area contributed by atoms with E-state index in [9.17, 15) is 0 Å². The summed E-state index contributed by atoms with van der Waals surface area (Å²) in [4.78, 5) is 10.5. The summed E-state index contributed by atoms with van der Waals surface area (Å²) in [5.41, 5.74) is 2.19. The molecule has 4 rings (SSSR count). The van der Waals surface area contributed by atoms with Crippen LogP contribution in [-0.4, -0.2) is 28.0 Å². The van der Waals surface area contributed by atoms with Gasteiger partial charge in [-0.3, -0.25) is 4.90 Å². The van der Waals surface area contributed by atoms with E-state index in [1.165, 1.54) is 0 Å². The summed E-state index contributed by atoms with van der Waals surface area (Å²) in [6.45, 7) is 5.10. The average Bonchev–Trinajstić information content (AvgIpc) is 3.08. The monoisotopic (exact) mass is 281 g/mol. The smallest absolute Gasteiger partial charge is 0.118 e. The second kappa shape index (κ2) is 5.04. The molecule has 3 aromatic rings. The highest BCUT2D eigenvalue weighted by Gasteiger charge is 2.30. The number of rotatable bonds is 4. The van der Waals surface area contributed by atoms with Gasteiger partial charge in [0.15, 0.2) is 0 Å². The topological polar surface area (TPSA) is 45.1 Å². The van der Waals surface area contributed by atoms with Gasteiger partial charge in [-0.1, -0.05) is 19.1 Å². The molecule has 2 aromatic heterocycles. The van der Waals surface area contributed by atoms with Crippen LogP contribution in [0, 0.1) is 0 Å². The summed E-state index contributed by atoms with van der Waals surface area (Å²) in [6, 6.07) is 12.4. The number of nitrogens with one attached hydrogen (secondary N) is 1. The first-order valence-corrected chi connectivity index (χ1v) is 7.56. The Morgan fingerprint density at radius 2 is 2.00 bits per heavy atom. The highest BCUT2D eigenvalue weighted by atomic mass is 16.3. The van der Waals surface area contributed by atoms with Crippen molar-refractivity contribution in [1.29, 1.82) is 0 Å². The number of furan rings is 1. The van der Waals surface area contributed by atoms with Crippen molar-refractivity contribution in [2.45, 2.75) is 25.8 Å². The Balaban J connectivity index is 1.40. The molecule has 21 heavy (non-hydrogen) atoms. The molecular weight excluding hydrogens is 262 g/mol. The van der Waals surface area contributed by atoms with E-state index >= 15 is 0 Å². The summed E-state index contributed by atoms with van der Waals surface area (Å²) < 4.78 is 5.76. The Morgan fingerprint density at radius 3 is 2.76 bits per heavy atom. The zero-order valence-electron chi connectivity index (χ0n) is 12.2. The maximum atomic E-state index is 5.76. The number of hydrogen-bond donors (Lipinski definition) is 1. The lowest BCUT2D eigenvalue weighted by atomic mass is 9.99. The predicted octanol–water partition coefficient (Wildman–Crippen LogP) is 3.32. The molecule has 1 saturated heterocycles. The third-order valence-electron chi connectivity index (χ3n) is 4.20. The van der Waals surface area contributed by atoms with Gasteiger partial charge in [-0.15, -0.1) is 0 Å². The highest BCUT2D eigenvalue weighted by Crippen LogP contribution is 2.28. The first-order chi connectivity index (χ1) is 10.3. The largest absolute Gasteiger partial charge is 0.465 e. The fourth-order valence-corrected chi connectivity index (χ4v) is 2.96. The number of nitrogens with zero attached hydrogens (tertiary/aromatic N) is 2. The van der Waals surface area contributed by atoms with Crippen molar-refractivity contribution in [1.82, 2.24) is 14.9 Å². The maximum Gasteiger partial charge on any atom is 0.118 e. The molecule has 4 nitrogen and oxygen atoms in total.